The third-order valence-corrected chi connectivity index (χ3v) is 3.50. The van der Waals surface area contributed by atoms with Gasteiger partial charge in [-0.1, -0.05) is 30.4 Å². The van der Waals surface area contributed by atoms with Gasteiger partial charge in [0, 0.05) is 17.1 Å². The van der Waals surface area contributed by atoms with Crippen LogP contribution in [-0.4, -0.2) is 23.3 Å². The van der Waals surface area contributed by atoms with Gasteiger partial charge in [-0.3, -0.25) is 4.79 Å². The Hall–Kier alpha value is -1.07. The fourth-order valence-corrected chi connectivity index (χ4v) is 2.39. The molecule has 0 spiro atoms. The number of rotatable bonds is 7. The van der Waals surface area contributed by atoms with Gasteiger partial charge in [0.1, 0.15) is 4.99 Å². The van der Waals surface area contributed by atoms with E-state index in [-0.39, 0.29) is 5.97 Å². The fourth-order valence-electron chi connectivity index (χ4n) is 1.39. The molecule has 18 heavy (non-hydrogen) atoms. The molecule has 0 aliphatic heterocycles. The molecule has 0 amide bonds. The monoisotopic (exact) mass is 283 g/mol. The van der Waals surface area contributed by atoms with Crippen LogP contribution in [0.3, 0.4) is 0 Å². The maximum atomic E-state index is 11.1. The van der Waals surface area contributed by atoms with Crippen molar-refractivity contribution in [2.75, 3.05) is 12.4 Å². The van der Waals surface area contributed by atoms with Crippen molar-refractivity contribution in [1.29, 1.82) is 0 Å². The summed E-state index contributed by atoms with van der Waals surface area (Å²) in [6.45, 7) is 2.26. The van der Waals surface area contributed by atoms with Crippen LogP contribution < -0.4 is 5.73 Å². The molecule has 1 aromatic carbocycles. The van der Waals surface area contributed by atoms with E-state index in [4.69, 9.17) is 22.7 Å². The maximum absolute atomic E-state index is 11.1. The molecule has 2 N–H and O–H groups in total. The third kappa shape index (κ3) is 5.51. The first-order chi connectivity index (χ1) is 8.63. The molecule has 0 heterocycles. The van der Waals surface area contributed by atoms with Crippen LogP contribution in [0.15, 0.2) is 24.3 Å². The summed E-state index contributed by atoms with van der Waals surface area (Å²) in [7, 11) is 0. The Morgan fingerprint density at radius 3 is 2.94 bits per heavy atom. The lowest BCUT2D eigenvalue weighted by Crippen LogP contribution is -2.09. The summed E-state index contributed by atoms with van der Waals surface area (Å²) in [6.07, 6.45) is 0.452. The molecule has 0 saturated heterocycles. The second-order valence-electron chi connectivity index (χ2n) is 3.67. The molecule has 5 heteroatoms. The summed E-state index contributed by atoms with van der Waals surface area (Å²) in [5.41, 5.74) is 7.62. The largest absolute Gasteiger partial charge is 0.466 e. The van der Waals surface area contributed by atoms with Gasteiger partial charge >= 0.3 is 5.97 Å². The normalized spacial score (nSPS) is 10.1. The molecule has 0 bridgehead atoms. The number of thiocarbonyl (C=S) groups is 1. The highest BCUT2D eigenvalue weighted by molar-refractivity contribution is 7.98. The van der Waals surface area contributed by atoms with Crippen LogP contribution in [0, 0.1) is 0 Å². The summed E-state index contributed by atoms with van der Waals surface area (Å²) in [5.74, 6) is 1.47. The zero-order chi connectivity index (χ0) is 13.4. The Morgan fingerprint density at radius 2 is 2.28 bits per heavy atom. The van der Waals surface area contributed by atoms with Crippen LogP contribution in [0.2, 0.25) is 0 Å². The molecule has 98 valence electrons. The Morgan fingerprint density at radius 1 is 1.50 bits per heavy atom. The summed E-state index contributed by atoms with van der Waals surface area (Å²) in [4.78, 5) is 11.5. The lowest BCUT2D eigenvalue weighted by Gasteiger charge is -2.04. The molecule has 0 unspecified atom stereocenters. The molecule has 0 atom stereocenters. The lowest BCUT2D eigenvalue weighted by atomic mass is 10.1. The van der Waals surface area contributed by atoms with Gasteiger partial charge in [-0.05, 0) is 18.6 Å². The molecule has 1 aromatic rings. The molecular weight excluding hydrogens is 266 g/mol. The summed E-state index contributed by atoms with van der Waals surface area (Å²) < 4.78 is 4.86. The zero-order valence-electron chi connectivity index (χ0n) is 10.3. The highest BCUT2D eigenvalue weighted by Crippen LogP contribution is 2.14. The second-order valence-corrected chi connectivity index (χ2v) is 5.22. The molecule has 0 fully saturated rings. The van der Waals surface area contributed by atoms with Crippen LogP contribution in [0.4, 0.5) is 0 Å². The van der Waals surface area contributed by atoms with Gasteiger partial charge in [-0.25, -0.2) is 0 Å². The number of nitrogens with two attached hydrogens (primary N) is 1. The van der Waals surface area contributed by atoms with Gasteiger partial charge in [0.25, 0.3) is 0 Å². The standard InChI is InChI=1S/C13H17NO2S2/c1-2-16-12(15)6-7-18-9-10-4-3-5-11(8-10)13(14)17/h3-5,8H,2,6-7,9H2,1H3,(H2,14,17). The predicted octanol–water partition coefficient (Wildman–Crippen LogP) is 2.51. The summed E-state index contributed by atoms with van der Waals surface area (Å²) >= 11 is 6.63. The first-order valence-corrected chi connectivity index (χ1v) is 7.32. The Balaban J connectivity index is 2.33. The van der Waals surface area contributed by atoms with Crippen LogP contribution in [0.1, 0.15) is 24.5 Å². The van der Waals surface area contributed by atoms with Crippen molar-refractivity contribution in [1.82, 2.24) is 0 Å². The van der Waals surface area contributed by atoms with E-state index >= 15 is 0 Å². The predicted molar refractivity (Wildman–Crippen MR) is 79.7 cm³/mol. The zero-order valence-corrected chi connectivity index (χ0v) is 12.0. The smallest absolute Gasteiger partial charge is 0.306 e. The summed E-state index contributed by atoms with van der Waals surface area (Å²) in [5, 5.41) is 0. The average molecular weight is 283 g/mol. The molecule has 0 aliphatic rings. The van der Waals surface area contributed by atoms with Crippen molar-refractivity contribution in [3.8, 4) is 0 Å². The number of benzene rings is 1. The highest BCUT2D eigenvalue weighted by Gasteiger charge is 2.02. The van der Waals surface area contributed by atoms with Gasteiger partial charge in [0.15, 0.2) is 0 Å². The van der Waals surface area contributed by atoms with E-state index in [2.05, 4.69) is 0 Å². The van der Waals surface area contributed by atoms with E-state index in [0.29, 0.717) is 18.0 Å². The van der Waals surface area contributed by atoms with Crippen LogP contribution in [0.25, 0.3) is 0 Å². The van der Waals surface area contributed by atoms with Crippen LogP contribution in [0.5, 0.6) is 0 Å². The van der Waals surface area contributed by atoms with E-state index in [1.807, 2.05) is 31.2 Å². The Labute approximate surface area is 117 Å². The Kier molecular flexibility index (Phi) is 6.75. The van der Waals surface area contributed by atoms with Gasteiger partial charge in [-0.15, -0.1) is 0 Å². The molecule has 3 nitrogen and oxygen atoms in total. The van der Waals surface area contributed by atoms with E-state index in [1.165, 1.54) is 0 Å². The van der Waals surface area contributed by atoms with E-state index in [9.17, 15) is 4.79 Å². The van der Waals surface area contributed by atoms with Crippen molar-refractivity contribution < 1.29 is 9.53 Å². The van der Waals surface area contributed by atoms with E-state index in [0.717, 1.165) is 22.6 Å². The SMILES string of the molecule is CCOC(=O)CCSCc1cccc(C(N)=S)c1. The van der Waals surface area contributed by atoms with Gasteiger partial charge in [0.2, 0.25) is 0 Å². The van der Waals surface area contributed by atoms with E-state index in [1.54, 1.807) is 11.8 Å². The number of carbonyl (C=O) groups excluding carboxylic acids is 1. The fraction of sp³-hybridized carbons (Fsp3) is 0.385. The molecule has 0 radical (unpaired) electrons. The third-order valence-electron chi connectivity index (χ3n) is 2.24. The first kappa shape index (κ1) is 15.0. The number of hydrogen-bond acceptors (Lipinski definition) is 4. The molecule has 0 aliphatic carbocycles. The molecule has 1 rings (SSSR count). The minimum atomic E-state index is -0.137. The highest BCUT2D eigenvalue weighted by atomic mass is 32.2. The van der Waals surface area contributed by atoms with Gasteiger partial charge < -0.3 is 10.5 Å². The van der Waals surface area contributed by atoms with Crippen LogP contribution >= 0.6 is 24.0 Å². The topological polar surface area (TPSA) is 52.3 Å². The molecule has 0 aromatic heterocycles. The first-order valence-electron chi connectivity index (χ1n) is 5.75. The minimum Gasteiger partial charge on any atom is -0.466 e. The molecular formula is C13H17NO2S2. The van der Waals surface area contributed by atoms with Crippen molar-refractivity contribution in [2.45, 2.75) is 19.1 Å². The van der Waals surface area contributed by atoms with Crippen molar-refractivity contribution in [3.05, 3.63) is 35.4 Å². The van der Waals surface area contributed by atoms with Gasteiger partial charge in [0.05, 0.1) is 13.0 Å². The van der Waals surface area contributed by atoms with Crippen molar-refractivity contribution >= 4 is 34.9 Å². The van der Waals surface area contributed by atoms with Crippen LogP contribution in [-0.2, 0) is 15.3 Å². The quantitative estimate of drug-likeness (QED) is 0.473. The number of hydrogen-bond donors (Lipinski definition) is 1. The van der Waals surface area contributed by atoms with Gasteiger partial charge in [-0.2, -0.15) is 11.8 Å². The number of thioether (sulfide) groups is 1. The summed E-state index contributed by atoms with van der Waals surface area (Å²) in [6, 6.07) is 7.85. The second kappa shape index (κ2) is 8.11. The number of carbonyl (C=O) groups is 1. The minimum absolute atomic E-state index is 0.137. The van der Waals surface area contributed by atoms with E-state index < -0.39 is 0 Å². The maximum Gasteiger partial charge on any atom is 0.306 e. The molecule has 0 saturated carbocycles. The van der Waals surface area contributed by atoms with Crippen molar-refractivity contribution in [2.24, 2.45) is 5.73 Å². The Bertz CT molecular complexity index is 421. The number of esters is 1. The average Bonchev–Trinajstić information content (AvgIpc) is 2.35. The lowest BCUT2D eigenvalue weighted by molar-refractivity contribution is -0.142. The van der Waals surface area contributed by atoms with Crippen molar-refractivity contribution in [3.63, 3.8) is 0 Å². The number of ether oxygens (including phenoxy) is 1.